The Balaban J connectivity index is 0.000000124. The van der Waals surface area contributed by atoms with Crippen molar-refractivity contribution in [3.63, 3.8) is 0 Å². The van der Waals surface area contributed by atoms with Crippen molar-refractivity contribution >= 4 is 34.7 Å². The topological polar surface area (TPSA) is 130 Å². The summed E-state index contributed by atoms with van der Waals surface area (Å²) in [5.74, 6) is 1.67. The van der Waals surface area contributed by atoms with E-state index in [0.29, 0.717) is 86.6 Å². The van der Waals surface area contributed by atoms with Crippen LogP contribution < -0.4 is 14.2 Å². The van der Waals surface area contributed by atoms with Gasteiger partial charge in [-0.1, -0.05) is 146 Å². The van der Waals surface area contributed by atoms with Crippen LogP contribution in [0.5, 0.6) is 17.2 Å². The molecular formula is C63H42O9. The molecule has 0 saturated carbocycles. The van der Waals surface area contributed by atoms with E-state index in [1.54, 1.807) is 109 Å². The number of fused-ring (bicyclic) bond motifs is 6. The first-order valence-corrected chi connectivity index (χ1v) is 23.2. The summed E-state index contributed by atoms with van der Waals surface area (Å²) in [5.41, 5.74) is 8.15. The van der Waals surface area contributed by atoms with Gasteiger partial charge in [0.1, 0.15) is 37.1 Å². The number of rotatable bonds is 9. The average molecular weight is 943 g/mol. The fraction of sp³-hybridized carbons (Fsp3) is 0.0476. The molecule has 72 heavy (non-hydrogen) atoms. The van der Waals surface area contributed by atoms with Crippen LogP contribution in [0, 0.1) is 0 Å². The minimum absolute atomic E-state index is 0.101. The highest BCUT2D eigenvalue weighted by Gasteiger charge is 2.32. The molecular weight excluding hydrogens is 901 g/mol. The lowest BCUT2D eigenvalue weighted by atomic mass is 9.83. The van der Waals surface area contributed by atoms with Gasteiger partial charge < -0.3 is 14.2 Å². The maximum absolute atomic E-state index is 12.7. The van der Waals surface area contributed by atoms with Crippen molar-refractivity contribution in [2.45, 2.75) is 19.8 Å². The van der Waals surface area contributed by atoms with Gasteiger partial charge in [0.25, 0.3) is 0 Å². The van der Waals surface area contributed by atoms with E-state index in [1.807, 2.05) is 109 Å². The van der Waals surface area contributed by atoms with Gasteiger partial charge in [-0.3, -0.25) is 28.8 Å². The zero-order valence-electron chi connectivity index (χ0n) is 38.6. The third kappa shape index (κ3) is 9.55. The number of benzene rings is 9. The third-order valence-electron chi connectivity index (χ3n) is 12.4. The van der Waals surface area contributed by atoms with Crippen LogP contribution in [-0.2, 0) is 19.8 Å². The number of ketones is 6. The molecule has 0 atom stereocenters. The van der Waals surface area contributed by atoms with Crippen molar-refractivity contribution in [1.29, 1.82) is 0 Å². The lowest BCUT2D eigenvalue weighted by Crippen LogP contribution is -2.21. The van der Waals surface area contributed by atoms with Gasteiger partial charge in [0.15, 0.2) is 34.7 Å². The van der Waals surface area contributed by atoms with Crippen molar-refractivity contribution in [2.75, 3.05) is 0 Å². The Labute approximate surface area is 414 Å². The van der Waals surface area contributed by atoms with Crippen molar-refractivity contribution in [1.82, 2.24) is 0 Å². The Hall–Kier alpha value is -9.60. The molecule has 9 heteroatoms. The van der Waals surface area contributed by atoms with E-state index >= 15 is 0 Å². The zero-order valence-corrected chi connectivity index (χ0v) is 38.6. The smallest absolute Gasteiger partial charge is 0.194 e. The molecule has 9 aromatic rings. The molecule has 9 nitrogen and oxygen atoms in total. The van der Waals surface area contributed by atoms with Gasteiger partial charge in [-0.15, -0.1) is 0 Å². The zero-order chi connectivity index (χ0) is 49.6. The van der Waals surface area contributed by atoms with E-state index in [0.717, 1.165) is 33.9 Å². The summed E-state index contributed by atoms with van der Waals surface area (Å²) in [6, 6.07) is 65.2. The second-order valence-electron chi connectivity index (χ2n) is 17.1. The molecule has 9 aromatic carbocycles. The van der Waals surface area contributed by atoms with Crippen LogP contribution in [0.25, 0.3) is 0 Å². The molecule has 0 aromatic heterocycles. The Morgan fingerprint density at radius 2 is 0.403 bits per heavy atom. The first-order chi connectivity index (χ1) is 35.2. The molecule has 0 radical (unpaired) electrons. The maximum atomic E-state index is 12.7. The van der Waals surface area contributed by atoms with Gasteiger partial charge in [-0.2, -0.15) is 0 Å². The molecule has 0 fully saturated rings. The number of carbonyl (C=O) groups is 6. The molecule has 348 valence electrons. The van der Waals surface area contributed by atoms with Crippen LogP contribution in [0.15, 0.2) is 218 Å². The molecule has 12 rings (SSSR count). The number of hydrogen-bond acceptors (Lipinski definition) is 9. The number of para-hydroxylation sites is 3. The monoisotopic (exact) mass is 942 g/mol. The van der Waals surface area contributed by atoms with Crippen molar-refractivity contribution in [2.24, 2.45) is 0 Å². The van der Waals surface area contributed by atoms with Gasteiger partial charge in [-0.05, 0) is 89.5 Å². The van der Waals surface area contributed by atoms with Gasteiger partial charge in [0.2, 0.25) is 0 Å². The fourth-order valence-electron chi connectivity index (χ4n) is 8.76. The summed E-state index contributed by atoms with van der Waals surface area (Å²) in [7, 11) is 0. The SMILES string of the molecule is O=C1c2ccccc2C(=O)c2cc(COc3ccccc3)ccc21.O=C1c2ccccc2C(=O)c2cc(COc3ccccc3)ccc21.O=C1c2ccccc2C(=O)c2cc(COc3ccccc3)ccc21. The van der Waals surface area contributed by atoms with E-state index in [-0.39, 0.29) is 34.7 Å². The van der Waals surface area contributed by atoms with Crippen molar-refractivity contribution in [3.05, 3.63) is 302 Å². The van der Waals surface area contributed by atoms with Crippen LogP contribution in [0.1, 0.15) is 112 Å². The van der Waals surface area contributed by atoms with E-state index in [9.17, 15) is 28.8 Å². The quantitative estimate of drug-likeness (QED) is 0.139. The van der Waals surface area contributed by atoms with E-state index in [4.69, 9.17) is 14.2 Å². The average Bonchev–Trinajstić information content (AvgIpc) is 3.44. The minimum atomic E-state index is -0.109. The van der Waals surface area contributed by atoms with Gasteiger partial charge >= 0.3 is 0 Å². The van der Waals surface area contributed by atoms with E-state index < -0.39 is 0 Å². The Morgan fingerprint density at radius 3 is 0.639 bits per heavy atom. The van der Waals surface area contributed by atoms with Crippen LogP contribution in [-0.4, -0.2) is 34.7 Å². The van der Waals surface area contributed by atoms with Crippen LogP contribution in [0.2, 0.25) is 0 Å². The molecule has 0 bridgehead atoms. The molecule has 0 heterocycles. The number of hydrogen-bond donors (Lipinski definition) is 0. The van der Waals surface area contributed by atoms with Crippen molar-refractivity contribution in [3.8, 4) is 17.2 Å². The predicted molar refractivity (Wildman–Crippen MR) is 272 cm³/mol. The molecule has 0 aliphatic heterocycles. The summed E-state index contributed by atoms with van der Waals surface area (Å²) in [6.45, 7) is 1.04. The minimum Gasteiger partial charge on any atom is -0.489 e. The highest BCUT2D eigenvalue weighted by atomic mass is 16.5. The highest BCUT2D eigenvalue weighted by molar-refractivity contribution is 6.30. The van der Waals surface area contributed by atoms with Crippen LogP contribution >= 0.6 is 0 Å². The predicted octanol–water partition coefficient (Wildman–Crippen LogP) is 12.1. The standard InChI is InChI=1S/3C21H14O3/c3*22-20-16-8-4-5-9-17(16)21(23)19-12-14(10-11-18(19)20)13-24-15-6-2-1-3-7-15/h3*1-12H,13H2. The van der Waals surface area contributed by atoms with Gasteiger partial charge in [-0.25, -0.2) is 0 Å². The summed E-state index contributed by atoms with van der Waals surface area (Å²) in [5, 5.41) is 0. The summed E-state index contributed by atoms with van der Waals surface area (Å²) >= 11 is 0. The Morgan fingerprint density at radius 1 is 0.208 bits per heavy atom. The molecule has 0 spiro atoms. The maximum Gasteiger partial charge on any atom is 0.194 e. The normalized spacial score (nSPS) is 12.5. The van der Waals surface area contributed by atoms with E-state index in [2.05, 4.69) is 0 Å². The molecule has 0 amide bonds. The highest BCUT2D eigenvalue weighted by Crippen LogP contribution is 2.31. The molecule has 0 unspecified atom stereocenters. The van der Waals surface area contributed by atoms with Crippen molar-refractivity contribution < 1.29 is 43.0 Å². The molecule has 3 aliphatic carbocycles. The molecule has 0 saturated heterocycles. The Bertz CT molecular complexity index is 3200. The second kappa shape index (κ2) is 20.6. The lowest BCUT2D eigenvalue weighted by molar-refractivity contribution is 0.0979. The largest absolute Gasteiger partial charge is 0.489 e. The fourth-order valence-corrected chi connectivity index (χ4v) is 8.76. The lowest BCUT2D eigenvalue weighted by Gasteiger charge is -2.18. The summed E-state index contributed by atoms with van der Waals surface area (Å²) < 4.78 is 17.2. The van der Waals surface area contributed by atoms with Crippen LogP contribution in [0.4, 0.5) is 0 Å². The number of ether oxygens (including phenoxy) is 3. The Kier molecular flexibility index (Phi) is 13.2. The van der Waals surface area contributed by atoms with Crippen LogP contribution in [0.3, 0.4) is 0 Å². The number of carbonyl (C=O) groups excluding carboxylic acids is 6. The van der Waals surface area contributed by atoms with Gasteiger partial charge in [0.05, 0.1) is 0 Å². The molecule has 0 N–H and O–H groups in total. The summed E-state index contributed by atoms with van der Waals surface area (Å²) in [6.07, 6.45) is 0. The second-order valence-corrected chi connectivity index (χ2v) is 17.1. The third-order valence-corrected chi connectivity index (χ3v) is 12.4. The first kappa shape index (κ1) is 46.1. The molecule has 3 aliphatic rings. The van der Waals surface area contributed by atoms with E-state index in [1.165, 1.54) is 0 Å². The first-order valence-electron chi connectivity index (χ1n) is 23.2. The van der Waals surface area contributed by atoms with Gasteiger partial charge in [0, 0.05) is 66.8 Å². The summed E-state index contributed by atoms with van der Waals surface area (Å²) in [4.78, 5) is 75.7.